The number of nitrogens with zero attached hydrogens (tertiary/aromatic N) is 1. The van der Waals surface area contributed by atoms with Gasteiger partial charge < -0.3 is 15.4 Å². The number of H-pyrrole nitrogens is 1. The van der Waals surface area contributed by atoms with Crippen molar-refractivity contribution in [3.8, 4) is 11.3 Å². The molecule has 0 aliphatic carbocycles. The number of aromatic amines is 1. The number of nitrogens with one attached hydrogen (secondary N) is 3. The molecule has 1 heterocycles. The highest BCUT2D eigenvalue weighted by molar-refractivity contribution is 6.00. The summed E-state index contributed by atoms with van der Waals surface area (Å²) < 4.78 is 5.30. The molecule has 0 radical (unpaired) electrons. The predicted octanol–water partition coefficient (Wildman–Crippen LogP) is 3.22. The minimum absolute atomic E-state index is 0.184. The quantitative estimate of drug-likeness (QED) is 0.558. The molecular weight excluding hydrogens is 372 g/mol. The van der Waals surface area contributed by atoms with E-state index in [2.05, 4.69) is 20.8 Å². The Bertz CT molecular complexity index is 1010. The number of benzene rings is 2. The van der Waals surface area contributed by atoms with E-state index in [-0.39, 0.29) is 11.5 Å². The van der Waals surface area contributed by atoms with Gasteiger partial charge in [0.25, 0.3) is 5.91 Å². The normalized spacial score (nSPS) is 11.4. The molecule has 0 bridgehead atoms. The van der Waals surface area contributed by atoms with Crippen molar-refractivity contribution in [2.75, 3.05) is 10.6 Å². The molecule has 8 nitrogen and oxygen atoms in total. The topological polar surface area (TPSA) is 113 Å². The second-order valence-electron chi connectivity index (χ2n) is 6.32. The van der Waals surface area contributed by atoms with Crippen LogP contribution in [0.2, 0.25) is 0 Å². The number of aromatic nitrogens is 2. The van der Waals surface area contributed by atoms with E-state index >= 15 is 0 Å². The second-order valence-corrected chi connectivity index (χ2v) is 6.32. The number of hydrogen-bond acceptors (Lipinski definition) is 5. The summed E-state index contributed by atoms with van der Waals surface area (Å²) in [6.45, 7) is 2.90. The first kappa shape index (κ1) is 19.8. The average molecular weight is 392 g/mol. The minimum atomic E-state index is -1.02. The van der Waals surface area contributed by atoms with Crippen LogP contribution in [0.3, 0.4) is 0 Å². The van der Waals surface area contributed by atoms with Gasteiger partial charge in [-0.2, -0.15) is 5.10 Å². The van der Waals surface area contributed by atoms with Crippen molar-refractivity contribution >= 4 is 29.2 Å². The molecule has 8 heteroatoms. The third-order valence-electron chi connectivity index (χ3n) is 4.05. The van der Waals surface area contributed by atoms with Gasteiger partial charge in [-0.05, 0) is 31.2 Å². The van der Waals surface area contributed by atoms with Crippen molar-refractivity contribution in [2.45, 2.75) is 20.0 Å². The first-order valence-electron chi connectivity index (χ1n) is 8.92. The molecule has 2 aromatic carbocycles. The molecule has 3 rings (SSSR count). The maximum atomic E-state index is 12.5. The van der Waals surface area contributed by atoms with Crippen molar-refractivity contribution in [2.24, 2.45) is 0 Å². The number of amides is 2. The van der Waals surface area contributed by atoms with E-state index in [1.54, 1.807) is 24.3 Å². The molecule has 2 amide bonds. The molecule has 29 heavy (non-hydrogen) atoms. The van der Waals surface area contributed by atoms with Crippen LogP contribution in [0.1, 0.15) is 24.2 Å². The highest BCUT2D eigenvalue weighted by atomic mass is 16.5. The molecule has 1 atom stereocenters. The fraction of sp³-hybridized carbons (Fsp3) is 0.143. The predicted molar refractivity (Wildman–Crippen MR) is 108 cm³/mol. The maximum absolute atomic E-state index is 12.5. The van der Waals surface area contributed by atoms with Gasteiger partial charge in [0.1, 0.15) is 5.56 Å². The lowest BCUT2D eigenvalue weighted by molar-refractivity contribution is -0.123. The number of carbonyl (C=O) groups is 3. The molecule has 1 unspecified atom stereocenters. The number of hydrogen-bond donors (Lipinski definition) is 3. The number of anilines is 2. The van der Waals surface area contributed by atoms with Gasteiger partial charge in [0.05, 0.1) is 11.9 Å². The van der Waals surface area contributed by atoms with Crippen molar-refractivity contribution in [1.82, 2.24) is 10.2 Å². The van der Waals surface area contributed by atoms with E-state index in [1.165, 1.54) is 20.0 Å². The molecule has 3 aromatic rings. The van der Waals surface area contributed by atoms with E-state index in [9.17, 15) is 14.4 Å². The Hall–Kier alpha value is -3.94. The van der Waals surface area contributed by atoms with Crippen LogP contribution in [0.5, 0.6) is 0 Å². The van der Waals surface area contributed by atoms with Crippen LogP contribution in [0.4, 0.5) is 11.4 Å². The number of rotatable bonds is 6. The largest absolute Gasteiger partial charge is 0.449 e. The third-order valence-corrected chi connectivity index (χ3v) is 4.05. The van der Waals surface area contributed by atoms with Gasteiger partial charge in [0, 0.05) is 23.9 Å². The van der Waals surface area contributed by atoms with Gasteiger partial charge in [-0.25, -0.2) is 4.79 Å². The van der Waals surface area contributed by atoms with Gasteiger partial charge in [0.2, 0.25) is 5.91 Å². The van der Waals surface area contributed by atoms with Crippen molar-refractivity contribution in [1.29, 1.82) is 0 Å². The van der Waals surface area contributed by atoms with Crippen LogP contribution in [0.15, 0.2) is 60.8 Å². The van der Waals surface area contributed by atoms with Crippen LogP contribution in [-0.4, -0.2) is 34.1 Å². The first-order chi connectivity index (χ1) is 13.9. The monoisotopic (exact) mass is 392 g/mol. The average Bonchev–Trinajstić information content (AvgIpc) is 3.20. The van der Waals surface area contributed by atoms with Crippen LogP contribution in [0.25, 0.3) is 11.3 Å². The van der Waals surface area contributed by atoms with E-state index < -0.39 is 18.0 Å². The summed E-state index contributed by atoms with van der Waals surface area (Å²) in [6.07, 6.45) is 0.354. The molecule has 0 saturated heterocycles. The van der Waals surface area contributed by atoms with Crippen LogP contribution in [0, 0.1) is 0 Å². The molecule has 0 fully saturated rings. The lowest BCUT2D eigenvalue weighted by Gasteiger charge is -2.14. The molecule has 3 N–H and O–H groups in total. The van der Waals surface area contributed by atoms with E-state index in [1.807, 2.05) is 30.3 Å². The molecule has 0 spiro atoms. The third kappa shape index (κ3) is 5.07. The highest BCUT2D eigenvalue weighted by Gasteiger charge is 2.22. The fourth-order valence-corrected chi connectivity index (χ4v) is 2.63. The summed E-state index contributed by atoms with van der Waals surface area (Å²) in [6, 6.07) is 15.8. The van der Waals surface area contributed by atoms with Crippen LogP contribution in [-0.2, 0) is 14.3 Å². The lowest BCUT2D eigenvalue weighted by atomic mass is 10.1. The lowest BCUT2D eigenvalue weighted by Crippen LogP contribution is -2.30. The minimum Gasteiger partial charge on any atom is -0.449 e. The van der Waals surface area contributed by atoms with Crippen molar-refractivity contribution < 1.29 is 19.1 Å². The molecule has 0 aliphatic heterocycles. The smallest absolute Gasteiger partial charge is 0.342 e. The Labute approximate surface area is 167 Å². The Morgan fingerprint density at radius 2 is 1.59 bits per heavy atom. The summed E-state index contributed by atoms with van der Waals surface area (Å²) >= 11 is 0. The van der Waals surface area contributed by atoms with Crippen molar-refractivity contribution in [3.63, 3.8) is 0 Å². The van der Waals surface area contributed by atoms with Crippen LogP contribution >= 0.6 is 0 Å². The highest BCUT2D eigenvalue weighted by Crippen LogP contribution is 2.22. The van der Waals surface area contributed by atoms with Gasteiger partial charge in [-0.15, -0.1) is 0 Å². The van der Waals surface area contributed by atoms with Crippen LogP contribution < -0.4 is 10.6 Å². The zero-order valence-corrected chi connectivity index (χ0v) is 15.9. The van der Waals surface area contributed by atoms with Gasteiger partial charge in [0.15, 0.2) is 6.10 Å². The molecule has 0 saturated carbocycles. The summed E-state index contributed by atoms with van der Waals surface area (Å²) in [4.78, 5) is 35.9. The Kier molecular flexibility index (Phi) is 6.03. The van der Waals surface area contributed by atoms with Crippen molar-refractivity contribution in [3.05, 3.63) is 66.4 Å². The number of carbonyl (C=O) groups excluding carboxylic acids is 3. The van der Waals surface area contributed by atoms with E-state index in [0.717, 1.165) is 5.56 Å². The van der Waals surface area contributed by atoms with E-state index in [0.29, 0.717) is 17.1 Å². The Morgan fingerprint density at radius 1 is 0.966 bits per heavy atom. The standard InChI is InChI=1S/C21H20N4O4/c1-13(20(27)24-17-10-8-16(9-11-17)23-14(2)26)29-21(28)18-12-22-25-19(18)15-6-4-3-5-7-15/h3-13H,1-2H3,(H,22,25)(H,23,26)(H,24,27). The molecular formula is C21H20N4O4. The first-order valence-corrected chi connectivity index (χ1v) is 8.92. The molecule has 148 valence electrons. The summed E-state index contributed by atoms with van der Waals surface area (Å²) in [7, 11) is 0. The second kappa shape index (κ2) is 8.83. The van der Waals surface area contributed by atoms with Gasteiger partial charge in [-0.3, -0.25) is 14.7 Å². The zero-order valence-electron chi connectivity index (χ0n) is 15.9. The Balaban J connectivity index is 1.62. The van der Waals surface area contributed by atoms with E-state index in [4.69, 9.17) is 4.74 Å². The fourth-order valence-electron chi connectivity index (χ4n) is 2.63. The summed E-state index contributed by atoms with van der Waals surface area (Å²) in [5.74, 6) is -1.31. The molecule has 0 aliphatic rings. The number of esters is 1. The zero-order chi connectivity index (χ0) is 20.8. The van der Waals surface area contributed by atoms with Gasteiger partial charge >= 0.3 is 5.97 Å². The maximum Gasteiger partial charge on any atom is 0.342 e. The number of ether oxygens (including phenoxy) is 1. The summed E-state index contributed by atoms with van der Waals surface area (Å²) in [5.41, 5.74) is 2.68. The summed E-state index contributed by atoms with van der Waals surface area (Å²) in [5, 5.41) is 12.0. The molecule has 1 aromatic heterocycles. The SMILES string of the molecule is CC(=O)Nc1ccc(NC(=O)C(C)OC(=O)c2cn[nH]c2-c2ccccc2)cc1. The Morgan fingerprint density at radius 3 is 2.21 bits per heavy atom. The van der Waals surface area contributed by atoms with Gasteiger partial charge in [-0.1, -0.05) is 30.3 Å².